The summed E-state index contributed by atoms with van der Waals surface area (Å²) in [4.78, 5) is 25.8. The van der Waals surface area contributed by atoms with E-state index >= 15 is 0 Å². The van der Waals surface area contributed by atoms with E-state index < -0.39 is 11.7 Å². The first kappa shape index (κ1) is 19.6. The highest BCUT2D eigenvalue weighted by molar-refractivity contribution is 9.10. The van der Waals surface area contributed by atoms with Crippen molar-refractivity contribution in [3.63, 3.8) is 0 Å². The molecule has 1 aliphatic rings. The molecule has 7 heteroatoms. The number of amides is 2. The summed E-state index contributed by atoms with van der Waals surface area (Å²) in [5.74, 6) is 0.622. The predicted octanol–water partition coefficient (Wildman–Crippen LogP) is 3.34. The molecule has 0 spiro atoms. The van der Waals surface area contributed by atoms with Crippen LogP contribution >= 0.6 is 15.9 Å². The van der Waals surface area contributed by atoms with Crippen LogP contribution in [-0.4, -0.2) is 48.2 Å². The highest BCUT2D eigenvalue weighted by Gasteiger charge is 2.25. The predicted molar refractivity (Wildman–Crippen MR) is 98.6 cm³/mol. The molecule has 1 aliphatic heterocycles. The van der Waals surface area contributed by atoms with Crippen LogP contribution in [0.1, 0.15) is 33.6 Å². The van der Waals surface area contributed by atoms with E-state index in [1.165, 1.54) is 0 Å². The topological polar surface area (TPSA) is 67.9 Å². The Morgan fingerprint density at radius 2 is 1.80 bits per heavy atom. The Morgan fingerprint density at radius 3 is 2.36 bits per heavy atom. The molecule has 0 atom stereocenters. The summed E-state index contributed by atoms with van der Waals surface area (Å²) in [5, 5.41) is 2.86. The number of piperidine rings is 1. The third kappa shape index (κ3) is 6.94. The van der Waals surface area contributed by atoms with E-state index in [-0.39, 0.29) is 18.6 Å². The third-order valence-electron chi connectivity index (χ3n) is 3.74. The molecule has 1 N–H and O–H groups in total. The van der Waals surface area contributed by atoms with Crippen LogP contribution in [0.2, 0.25) is 0 Å². The number of carbonyl (C=O) groups excluding carboxylic acids is 2. The zero-order valence-corrected chi connectivity index (χ0v) is 16.5. The summed E-state index contributed by atoms with van der Waals surface area (Å²) in [7, 11) is 0. The Labute approximate surface area is 157 Å². The number of hydrogen-bond acceptors (Lipinski definition) is 4. The molecule has 1 aromatic rings. The Morgan fingerprint density at radius 1 is 1.20 bits per heavy atom. The van der Waals surface area contributed by atoms with Crippen molar-refractivity contribution in [1.82, 2.24) is 10.2 Å². The fourth-order valence-corrected chi connectivity index (χ4v) is 2.78. The summed E-state index contributed by atoms with van der Waals surface area (Å²) >= 11 is 3.36. The molecule has 1 heterocycles. The number of halogens is 1. The lowest BCUT2D eigenvalue weighted by atomic mass is 10.1. The lowest BCUT2D eigenvalue weighted by molar-refractivity contribution is -0.134. The third-order valence-corrected chi connectivity index (χ3v) is 4.27. The van der Waals surface area contributed by atoms with E-state index in [9.17, 15) is 9.59 Å². The zero-order valence-electron chi connectivity index (χ0n) is 14.9. The van der Waals surface area contributed by atoms with Crippen molar-refractivity contribution in [2.24, 2.45) is 0 Å². The van der Waals surface area contributed by atoms with Gasteiger partial charge in [0.25, 0.3) is 5.91 Å². The van der Waals surface area contributed by atoms with E-state index in [0.717, 1.165) is 4.47 Å². The van der Waals surface area contributed by atoms with Crippen molar-refractivity contribution in [2.45, 2.75) is 45.3 Å². The molecule has 1 fully saturated rings. The van der Waals surface area contributed by atoms with Gasteiger partial charge in [-0.1, -0.05) is 15.9 Å². The summed E-state index contributed by atoms with van der Waals surface area (Å²) in [6.07, 6.45) is 1.02. The second-order valence-electron chi connectivity index (χ2n) is 7.04. The highest BCUT2D eigenvalue weighted by Crippen LogP contribution is 2.17. The quantitative estimate of drug-likeness (QED) is 0.822. The second-order valence-corrected chi connectivity index (χ2v) is 7.96. The van der Waals surface area contributed by atoms with E-state index in [0.29, 0.717) is 31.7 Å². The molecule has 0 radical (unpaired) electrons. The van der Waals surface area contributed by atoms with E-state index in [2.05, 4.69) is 21.2 Å². The Kier molecular flexibility index (Phi) is 6.70. The van der Waals surface area contributed by atoms with Crippen LogP contribution < -0.4 is 10.1 Å². The van der Waals surface area contributed by atoms with Gasteiger partial charge in [-0.25, -0.2) is 4.79 Å². The smallest absolute Gasteiger partial charge is 0.407 e. The highest BCUT2D eigenvalue weighted by atomic mass is 79.9. The molecule has 0 unspecified atom stereocenters. The first-order valence-corrected chi connectivity index (χ1v) is 9.18. The normalized spacial score (nSPS) is 15.6. The molecule has 0 bridgehead atoms. The molecular weight excluding hydrogens is 388 g/mol. The van der Waals surface area contributed by atoms with Crippen LogP contribution in [0, 0.1) is 0 Å². The number of likely N-dealkylation sites (tertiary alicyclic amines) is 1. The molecule has 0 aliphatic carbocycles. The van der Waals surface area contributed by atoms with Gasteiger partial charge in [0.2, 0.25) is 0 Å². The number of carbonyl (C=O) groups is 2. The average molecular weight is 413 g/mol. The molecule has 0 aromatic heterocycles. The van der Waals surface area contributed by atoms with Gasteiger partial charge >= 0.3 is 6.09 Å². The van der Waals surface area contributed by atoms with Crippen LogP contribution in [0.25, 0.3) is 0 Å². The number of hydrogen-bond donors (Lipinski definition) is 1. The molecule has 138 valence electrons. The Bertz CT molecular complexity index is 590. The van der Waals surface area contributed by atoms with Gasteiger partial charge in [0.15, 0.2) is 6.61 Å². The first-order valence-electron chi connectivity index (χ1n) is 8.38. The number of nitrogens with one attached hydrogen (secondary N) is 1. The second kappa shape index (κ2) is 8.56. The first-order chi connectivity index (χ1) is 11.7. The van der Waals surface area contributed by atoms with Crippen molar-refractivity contribution in [3.05, 3.63) is 28.7 Å². The molecule has 1 saturated heterocycles. The van der Waals surface area contributed by atoms with Crippen molar-refractivity contribution in [3.8, 4) is 5.75 Å². The van der Waals surface area contributed by atoms with Gasteiger partial charge in [0, 0.05) is 23.6 Å². The van der Waals surface area contributed by atoms with Crippen LogP contribution in [0.3, 0.4) is 0 Å². The number of ether oxygens (including phenoxy) is 2. The number of alkyl carbamates (subject to hydrolysis) is 1. The minimum Gasteiger partial charge on any atom is -0.484 e. The average Bonchev–Trinajstić information content (AvgIpc) is 2.53. The van der Waals surface area contributed by atoms with Crippen LogP contribution in [0.4, 0.5) is 4.79 Å². The summed E-state index contributed by atoms with van der Waals surface area (Å²) in [6, 6.07) is 7.40. The van der Waals surface area contributed by atoms with Gasteiger partial charge in [-0.3, -0.25) is 4.79 Å². The number of nitrogens with zero attached hydrogens (tertiary/aromatic N) is 1. The van der Waals surface area contributed by atoms with Crippen molar-refractivity contribution in [2.75, 3.05) is 19.7 Å². The maximum absolute atomic E-state index is 12.2. The fraction of sp³-hybridized carbons (Fsp3) is 0.556. The number of rotatable bonds is 4. The molecule has 1 aromatic carbocycles. The minimum atomic E-state index is -0.509. The molecule has 25 heavy (non-hydrogen) atoms. The van der Waals surface area contributed by atoms with Gasteiger partial charge in [-0.2, -0.15) is 0 Å². The van der Waals surface area contributed by atoms with E-state index in [1.807, 2.05) is 45.0 Å². The van der Waals surface area contributed by atoms with Gasteiger partial charge < -0.3 is 19.7 Å². The Hall–Kier alpha value is -1.76. The largest absolute Gasteiger partial charge is 0.484 e. The molecule has 2 rings (SSSR count). The fourth-order valence-electron chi connectivity index (χ4n) is 2.51. The SMILES string of the molecule is CC(C)(C)OC(=O)NC1CCN(C(=O)COc2ccc(Br)cc2)CC1. The van der Waals surface area contributed by atoms with Crippen LogP contribution in [0.5, 0.6) is 5.75 Å². The maximum Gasteiger partial charge on any atom is 0.407 e. The molecule has 2 amide bonds. The monoisotopic (exact) mass is 412 g/mol. The van der Waals surface area contributed by atoms with E-state index in [4.69, 9.17) is 9.47 Å². The van der Waals surface area contributed by atoms with Gasteiger partial charge in [-0.15, -0.1) is 0 Å². The molecule has 6 nitrogen and oxygen atoms in total. The molecular formula is C18H25BrN2O4. The lowest BCUT2D eigenvalue weighted by Crippen LogP contribution is -2.48. The van der Waals surface area contributed by atoms with Gasteiger partial charge in [0.1, 0.15) is 11.4 Å². The van der Waals surface area contributed by atoms with Crippen molar-refractivity contribution < 1.29 is 19.1 Å². The van der Waals surface area contributed by atoms with Crippen molar-refractivity contribution >= 4 is 27.9 Å². The standard InChI is InChI=1S/C18H25BrN2O4/c1-18(2,3)25-17(23)20-14-8-10-21(11-9-14)16(22)12-24-15-6-4-13(19)5-7-15/h4-7,14H,8-12H2,1-3H3,(H,20,23). The lowest BCUT2D eigenvalue weighted by Gasteiger charge is -2.32. The Balaban J connectivity index is 1.71. The maximum atomic E-state index is 12.2. The minimum absolute atomic E-state index is 0.0196. The molecule has 0 saturated carbocycles. The van der Waals surface area contributed by atoms with Gasteiger partial charge in [-0.05, 0) is 57.9 Å². The van der Waals surface area contributed by atoms with Gasteiger partial charge in [0.05, 0.1) is 0 Å². The summed E-state index contributed by atoms with van der Waals surface area (Å²) < 4.78 is 11.7. The van der Waals surface area contributed by atoms with Crippen molar-refractivity contribution in [1.29, 1.82) is 0 Å². The van der Waals surface area contributed by atoms with Crippen LogP contribution in [0.15, 0.2) is 28.7 Å². The zero-order chi connectivity index (χ0) is 18.4. The summed E-state index contributed by atoms with van der Waals surface area (Å²) in [6.45, 7) is 6.72. The van der Waals surface area contributed by atoms with E-state index in [1.54, 1.807) is 4.90 Å². The van der Waals surface area contributed by atoms with Crippen LogP contribution in [-0.2, 0) is 9.53 Å². The summed E-state index contributed by atoms with van der Waals surface area (Å²) in [5.41, 5.74) is -0.509. The number of benzene rings is 1.